The number of rotatable bonds is 4. The number of esters is 1. The maximum atomic E-state index is 13.6. The van der Waals surface area contributed by atoms with Crippen LogP contribution in [0.15, 0.2) is 94.2 Å². The lowest BCUT2D eigenvalue weighted by Crippen LogP contribution is -2.29. The van der Waals surface area contributed by atoms with Gasteiger partial charge in [0.1, 0.15) is 5.69 Å². The second-order valence-electron chi connectivity index (χ2n) is 8.46. The molecule has 5 rings (SSSR count). The summed E-state index contributed by atoms with van der Waals surface area (Å²) in [6.45, 7) is 0.139. The van der Waals surface area contributed by atoms with E-state index in [1.54, 1.807) is 6.07 Å². The summed E-state index contributed by atoms with van der Waals surface area (Å²) in [6, 6.07) is 26.7. The van der Waals surface area contributed by atoms with Gasteiger partial charge in [-0.1, -0.05) is 70.5 Å². The first-order valence-electron chi connectivity index (χ1n) is 11.7. The predicted octanol–water partition coefficient (Wildman–Crippen LogP) is 6.45. The summed E-state index contributed by atoms with van der Waals surface area (Å²) in [5.74, 6) is -3.33. The van der Waals surface area contributed by atoms with Crippen LogP contribution in [0.2, 0.25) is 0 Å². The molecule has 2 heterocycles. The highest BCUT2D eigenvalue weighted by Crippen LogP contribution is 2.33. The van der Waals surface area contributed by atoms with Crippen molar-refractivity contribution in [3.63, 3.8) is 0 Å². The highest BCUT2D eigenvalue weighted by Gasteiger charge is 2.38. The van der Waals surface area contributed by atoms with E-state index in [9.17, 15) is 22.8 Å². The Balaban J connectivity index is 0.000000470. The molecule has 0 amide bonds. The Morgan fingerprint density at radius 3 is 2.25 bits per heavy atom. The standard InChI is InChI=1S/C27H19BrN2O3.C2HF3O2/c1-33-27(32)25-24(18-8-3-2-4-9-18)22-15-19(28)12-14-21(22)26(31)30(25)16-20-13-11-17-7-5-6-10-23(17)29-20;3-2(4,5)1(6)7/h2-15H,16H2,1H3;(H,6,7). The molecule has 0 atom stereocenters. The number of carboxylic acid groups (broad SMARTS) is 1. The van der Waals surface area contributed by atoms with E-state index in [4.69, 9.17) is 19.6 Å². The molecule has 0 aliphatic heterocycles. The molecule has 1 N–H and O–H groups in total. The zero-order valence-electron chi connectivity index (χ0n) is 20.8. The van der Waals surface area contributed by atoms with Gasteiger partial charge in [-0.05, 0) is 41.3 Å². The lowest BCUT2D eigenvalue weighted by atomic mass is 9.96. The molecule has 0 saturated heterocycles. The Morgan fingerprint density at radius 2 is 1.60 bits per heavy atom. The minimum Gasteiger partial charge on any atom is -0.475 e. The molecule has 2 aromatic heterocycles. The number of para-hydroxylation sites is 1. The Bertz CT molecular complexity index is 1790. The molecule has 0 aliphatic carbocycles. The first-order valence-corrected chi connectivity index (χ1v) is 12.4. The number of carbonyl (C=O) groups excluding carboxylic acids is 1. The van der Waals surface area contributed by atoms with Crippen molar-refractivity contribution in [2.45, 2.75) is 12.7 Å². The van der Waals surface area contributed by atoms with Gasteiger partial charge in [0.25, 0.3) is 5.56 Å². The normalized spacial score (nSPS) is 11.1. The summed E-state index contributed by atoms with van der Waals surface area (Å²) in [5, 5.41) is 9.34. The van der Waals surface area contributed by atoms with E-state index in [-0.39, 0.29) is 17.8 Å². The zero-order valence-corrected chi connectivity index (χ0v) is 22.4. The molecule has 40 heavy (non-hydrogen) atoms. The average molecular weight is 613 g/mol. The molecular weight excluding hydrogens is 593 g/mol. The van der Waals surface area contributed by atoms with Crippen LogP contribution in [0.4, 0.5) is 13.2 Å². The highest BCUT2D eigenvalue weighted by molar-refractivity contribution is 9.10. The number of carboxylic acids is 1. The first kappa shape index (κ1) is 28.5. The van der Waals surface area contributed by atoms with Crippen LogP contribution < -0.4 is 5.56 Å². The summed E-state index contributed by atoms with van der Waals surface area (Å²) in [6.07, 6.45) is -5.08. The van der Waals surface area contributed by atoms with Crippen molar-refractivity contribution in [3.05, 3.63) is 111 Å². The number of nitrogens with zero attached hydrogens (tertiary/aromatic N) is 2. The lowest BCUT2D eigenvalue weighted by molar-refractivity contribution is -0.192. The van der Waals surface area contributed by atoms with Crippen molar-refractivity contribution in [3.8, 4) is 11.1 Å². The molecule has 5 aromatic rings. The molecule has 0 unspecified atom stereocenters. The SMILES string of the molecule is COC(=O)c1c(-c2ccccc2)c2cc(Br)ccc2c(=O)n1Cc1ccc2ccccc2n1.O=C(O)C(F)(F)F. The smallest absolute Gasteiger partial charge is 0.475 e. The van der Waals surface area contributed by atoms with E-state index in [2.05, 4.69) is 15.9 Å². The fourth-order valence-electron chi connectivity index (χ4n) is 4.13. The molecule has 11 heteroatoms. The number of fused-ring (bicyclic) bond motifs is 2. The van der Waals surface area contributed by atoms with Gasteiger partial charge in [-0.25, -0.2) is 9.59 Å². The van der Waals surface area contributed by atoms with Gasteiger partial charge in [0.15, 0.2) is 0 Å². The Kier molecular flexibility index (Phi) is 8.34. The van der Waals surface area contributed by atoms with Crippen molar-refractivity contribution >= 4 is 49.5 Å². The van der Waals surface area contributed by atoms with Crippen molar-refractivity contribution in [2.75, 3.05) is 7.11 Å². The zero-order chi connectivity index (χ0) is 29.0. The molecule has 0 fully saturated rings. The van der Waals surface area contributed by atoms with Crippen LogP contribution in [-0.2, 0) is 16.1 Å². The van der Waals surface area contributed by atoms with E-state index in [0.717, 1.165) is 20.9 Å². The Hall–Kier alpha value is -4.51. The summed E-state index contributed by atoms with van der Waals surface area (Å²) in [7, 11) is 1.32. The van der Waals surface area contributed by atoms with Crippen LogP contribution in [0, 0.1) is 0 Å². The number of aliphatic carboxylic acids is 1. The number of hydrogen-bond donors (Lipinski definition) is 1. The van der Waals surface area contributed by atoms with Crippen molar-refractivity contribution in [2.24, 2.45) is 0 Å². The van der Waals surface area contributed by atoms with Crippen LogP contribution >= 0.6 is 15.9 Å². The van der Waals surface area contributed by atoms with Crippen LogP contribution in [-0.4, -0.2) is 39.9 Å². The van der Waals surface area contributed by atoms with Crippen LogP contribution in [0.5, 0.6) is 0 Å². The maximum Gasteiger partial charge on any atom is 0.490 e. The highest BCUT2D eigenvalue weighted by atomic mass is 79.9. The summed E-state index contributed by atoms with van der Waals surface area (Å²) in [4.78, 5) is 40.4. The van der Waals surface area contributed by atoms with Crippen LogP contribution in [0.25, 0.3) is 32.8 Å². The number of carbonyl (C=O) groups is 2. The molecule has 0 bridgehead atoms. The average Bonchev–Trinajstić information content (AvgIpc) is 2.94. The minimum absolute atomic E-state index is 0.139. The number of alkyl halides is 3. The van der Waals surface area contributed by atoms with E-state index in [1.165, 1.54) is 11.7 Å². The molecule has 0 spiro atoms. The van der Waals surface area contributed by atoms with Crippen LogP contribution in [0.3, 0.4) is 0 Å². The summed E-state index contributed by atoms with van der Waals surface area (Å²) < 4.78 is 39.2. The van der Waals surface area contributed by atoms with E-state index >= 15 is 0 Å². The molecule has 7 nitrogen and oxygen atoms in total. The third-order valence-electron chi connectivity index (χ3n) is 5.89. The molecule has 0 radical (unpaired) electrons. The fourth-order valence-corrected chi connectivity index (χ4v) is 4.50. The topological polar surface area (TPSA) is 98.5 Å². The molecule has 0 aliphatic rings. The van der Waals surface area contributed by atoms with Gasteiger partial charge < -0.3 is 9.84 Å². The van der Waals surface area contributed by atoms with Crippen LogP contribution in [0.1, 0.15) is 16.2 Å². The fraction of sp³-hybridized carbons (Fsp3) is 0.103. The third-order valence-corrected chi connectivity index (χ3v) is 6.39. The molecule has 0 saturated carbocycles. The van der Waals surface area contributed by atoms with Crippen molar-refractivity contribution in [1.82, 2.24) is 9.55 Å². The lowest BCUT2D eigenvalue weighted by Gasteiger charge is -2.19. The second-order valence-corrected chi connectivity index (χ2v) is 9.38. The number of halogens is 4. The molecule has 3 aromatic carbocycles. The first-order chi connectivity index (χ1) is 19.0. The number of pyridine rings is 2. The third kappa shape index (κ3) is 6.04. The Morgan fingerprint density at radius 1 is 0.950 bits per heavy atom. The van der Waals surface area contributed by atoms with Gasteiger partial charge >= 0.3 is 18.1 Å². The largest absolute Gasteiger partial charge is 0.490 e. The second kappa shape index (κ2) is 11.7. The van der Waals surface area contributed by atoms with Crippen molar-refractivity contribution in [1.29, 1.82) is 0 Å². The number of aromatic nitrogens is 2. The minimum atomic E-state index is -5.08. The molecular formula is C29H20BrF3N2O5. The van der Waals surface area contributed by atoms with Crippen molar-refractivity contribution < 1.29 is 32.6 Å². The maximum absolute atomic E-state index is 13.6. The monoisotopic (exact) mass is 612 g/mol. The van der Waals surface area contributed by atoms with Gasteiger partial charge in [0, 0.05) is 20.8 Å². The summed E-state index contributed by atoms with van der Waals surface area (Å²) in [5.41, 5.74) is 2.91. The quantitative estimate of drug-likeness (QED) is 0.234. The summed E-state index contributed by atoms with van der Waals surface area (Å²) >= 11 is 3.50. The van der Waals surface area contributed by atoms with Gasteiger partial charge in [-0.3, -0.25) is 14.3 Å². The number of hydrogen-bond acceptors (Lipinski definition) is 5. The van der Waals surface area contributed by atoms with E-state index in [0.29, 0.717) is 22.0 Å². The van der Waals surface area contributed by atoms with E-state index < -0.39 is 18.1 Å². The Labute approximate surface area is 233 Å². The van der Waals surface area contributed by atoms with Gasteiger partial charge in [0.05, 0.1) is 24.9 Å². The van der Waals surface area contributed by atoms with Gasteiger partial charge in [-0.15, -0.1) is 0 Å². The molecule has 204 valence electrons. The van der Waals surface area contributed by atoms with Gasteiger partial charge in [0.2, 0.25) is 0 Å². The number of methoxy groups -OCH3 is 1. The predicted molar refractivity (Wildman–Crippen MR) is 147 cm³/mol. The number of benzene rings is 3. The van der Waals surface area contributed by atoms with E-state index in [1.807, 2.05) is 78.9 Å². The van der Waals surface area contributed by atoms with Gasteiger partial charge in [-0.2, -0.15) is 13.2 Å². The number of ether oxygens (including phenoxy) is 1.